The Morgan fingerprint density at radius 3 is 2.62 bits per heavy atom. The summed E-state index contributed by atoms with van der Waals surface area (Å²) in [7, 11) is 0. The third-order valence-electron chi connectivity index (χ3n) is 1.82. The molecule has 2 rings (SSSR count). The summed E-state index contributed by atoms with van der Waals surface area (Å²) in [6.07, 6.45) is 6.65. The van der Waals surface area contributed by atoms with Gasteiger partial charge in [-0.25, -0.2) is 0 Å². The number of aromatic amines is 1. The normalized spacial score (nSPS) is 9.85. The van der Waals surface area contributed by atoms with E-state index in [-0.39, 0.29) is 5.43 Å². The van der Waals surface area contributed by atoms with E-state index in [1.54, 1.807) is 24.8 Å². The van der Waals surface area contributed by atoms with Gasteiger partial charge < -0.3 is 4.98 Å². The average Bonchev–Trinajstić information content (AvgIpc) is 2.20. The topological polar surface area (TPSA) is 45.8 Å². The van der Waals surface area contributed by atoms with Gasteiger partial charge in [-0.05, 0) is 17.7 Å². The lowest BCUT2D eigenvalue weighted by atomic mass is 10.1. The monoisotopic (exact) mass is 172 g/mol. The summed E-state index contributed by atoms with van der Waals surface area (Å²) in [5, 5.41) is 0. The molecule has 0 aromatic carbocycles. The lowest BCUT2D eigenvalue weighted by Gasteiger charge is -1.97. The Labute approximate surface area is 75.1 Å². The first-order chi connectivity index (χ1) is 6.38. The third kappa shape index (κ3) is 1.49. The Kier molecular flexibility index (Phi) is 1.92. The van der Waals surface area contributed by atoms with Gasteiger partial charge in [-0.15, -0.1) is 0 Å². The van der Waals surface area contributed by atoms with Crippen LogP contribution in [0.25, 0.3) is 11.1 Å². The molecule has 0 spiro atoms. The molecule has 2 aromatic rings. The second-order valence-corrected chi connectivity index (χ2v) is 2.66. The molecule has 0 bridgehead atoms. The van der Waals surface area contributed by atoms with Crippen molar-refractivity contribution >= 4 is 0 Å². The zero-order valence-electron chi connectivity index (χ0n) is 6.90. The van der Waals surface area contributed by atoms with Crippen molar-refractivity contribution in [3.63, 3.8) is 0 Å². The van der Waals surface area contributed by atoms with E-state index in [0.29, 0.717) is 5.56 Å². The molecule has 13 heavy (non-hydrogen) atoms. The van der Waals surface area contributed by atoms with Crippen LogP contribution in [-0.2, 0) is 0 Å². The molecule has 0 atom stereocenters. The van der Waals surface area contributed by atoms with Gasteiger partial charge in [0.2, 0.25) is 0 Å². The lowest BCUT2D eigenvalue weighted by molar-refractivity contribution is 1.29. The Balaban J connectivity index is 2.60. The largest absolute Gasteiger partial charge is 0.367 e. The summed E-state index contributed by atoms with van der Waals surface area (Å²) in [5.41, 5.74) is 1.58. The van der Waals surface area contributed by atoms with Gasteiger partial charge in [-0.3, -0.25) is 9.78 Å². The molecule has 0 aliphatic carbocycles. The van der Waals surface area contributed by atoms with E-state index in [0.717, 1.165) is 5.56 Å². The number of pyridine rings is 2. The van der Waals surface area contributed by atoms with E-state index in [1.807, 2.05) is 12.1 Å². The molecule has 0 aliphatic heterocycles. The highest BCUT2D eigenvalue weighted by molar-refractivity contribution is 5.60. The number of rotatable bonds is 1. The van der Waals surface area contributed by atoms with Crippen LogP contribution in [0.3, 0.4) is 0 Å². The standard InChI is InChI=1S/C10H8N2O/c13-10-3-6-12-7-9(10)8-1-4-11-5-2-8/h1-7H,(H,12,13). The smallest absolute Gasteiger partial charge is 0.189 e. The molecular weight excluding hydrogens is 164 g/mol. The summed E-state index contributed by atoms with van der Waals surface area (Å²) in [6.45, 7) is 0. The summed E-state index contributed by atoms with van der Waals surface area (Å²) in [5.74, 6) is 0. The van der Waals surface area contributed by atoms with Crippen molar-refractivity contribution in [2.45, 2.75) is 0 Å². The summed E-state index contributed by atoms with van der Waals surface area (Å²) >= 11 is 0. The van der Waals surface area contributed by atoms with E-state index < -0.39 is 0 Å². The van der Waals surface area contributed by atoms with Crippen LogP contribution in [0.4, 0.5) is 0 Å². The van der Waals surface area contributed by atoms with Crippen LogP contribution < -0.4 is 5.43 Å². The van der Waals surface area contributed by atoms with Gasteiger partial charge in [0.1, 0.15) is 0 Å². The first-order valence-electron chi connectivity index (χ1n) is 3.95. The van der Waals surface area contributed by atoms with Crippen molar-refractivity contribution < 1.29 is 0 Å². The van der Waals surface area contributed by atoms with E-state index in [2.05, 4.69) is 9.97 Å². The number of nitrogens with zero attached hydrogens (tertiary/aromatic N) is 1. The van der Waals surface area contributed by atoms with Crippen LogP contribution >= 0.6 is 0 Å². The van der Waals surface area contributed by atoms with Crippen molar-refractivity contribution in [3.8, 4) is 11.1 Å². The highest BCUT2D eigenvalue weighted by Gasteiger charge is 1.99. The molecule has 0 saturated carbocycles. The van der Waals surface area contributed by atoms with Gasteiger partial charge in [0.25, 0.3) is 0 Å². The van der Waals surface area contributed by atoms with Gasteiger partial charge in [0.15, 0.2) is 5.43 Å². The lowest BCUT2D eigenvalue weighted by Crippen LogP contribution is -2.02. The second kappa shape index (κ2) is 3.23. The summed E-state index contributed by atoms with van der Waals surface area (Å²) in [4.78, 5) is 18.1. The molecule has 3 heteroatoms. The Bertz CT molecular complexity index is 448. The molecule has 0 saturated heterocycles. The highest BCUT2D eigenvalue weighted by atomic mass is 16.1. The molecular formula is C10H8N2O. The molecule has 0 fully saturated rings. The number of hydrogen-bond acceptors (Lipinski definition) is 2. The SMILES string of the molecule is O=c1cc[nH]cc1-c1ccncc1. The maximum absolute atomic E-state index is 11.4. The van der Waals surface area contributed by atoms with E-state index in [4.69, 9.17) is 0 Å². The number of aromatic nitrogens is 2. The fraction of sp³-hybridized carbons (Fsp3) is 0. The van der Waals surface area contributed by atoms with Gasteiger partial charge in [-0.2, -0.15) is 0 Å². The Morgan fingerprint density at radius 1 is 1.15 bits per heavy atom. The minimum absolute atomic E-state index is 0.0185. The molecule has 64 valence electrons. The van der Waals surface area contributed by atoms with Crippen molar-refractivity contribution in [3.05, 3.63) is 53.2 Å². The molecule has 2 heterocycles. The maximum atomic E-state index is 11.4. The van der Waals surface area contributed by atoms with Gasteiger partial charge in [0, 0.05) is 36.4 Å². The quantitative estimate of drug-likeness (QED) is 0.707. The number of H-pyrrole nitrogens is 1. The Hall–Kier alpha value is -1.90. The average molecular weight is 172 g/mol. The Morgan fingerprint density at radius 2 is 1.92 bits per heavy atom. The molecule has 3 nitrogen and oxygen atoms in total. The first-order valence-corrected chi connectivity index (χ1v) is 3.95. The molecule has 0 aliphatic rings. The third-order valence-corrected chi connectivity index (χ3v) is 1.82. The first kappa shape index (κ1) is 7.73. The minimum Gasteiger partial charge on any atom is -0.367 e. The van der Waals surface area contributed by atoms with Crippen molar-refractivity contribution in [1.82, 2.24) is 9.97 Å². The van der Waals surface area contributed by atoms with E-state index in [9.17, 15) is 4.79 Å². The van der Waals surface area contributed by atoms with E-state index in [1.165, 1.54) is 6.07 Å². The van der Waals surface area contributed by atoms with Crippen molar-refractivity contribution in [2.24, 2.45) is 0 Å². The van der Waals surface area contributed by atoms with Gasteiger partial charge in [-0.1, -0.05) is 0 Å². The second-order valence-electron chi connectivity index (χ2n) is 2.66. The number of hydrogen-bond donors (Lipinski definition) is 1. The van der Waals surface area contributed by atoms with Crippen LogP contribution in [-0.4, -0.2) is 9.97 Å². The van der Waals surface area contributed by atoms with Gasteiger partial charge >= 0.3 is 0 Å². The maximum Gasteiger partial charge on any atom is 0.189 e. The van der Waals surface area contributed by atoms with Crippen LogP contribution in [0.2, 0.25) is 0 Å². The summed E-state index contributed by atoms with van der Waals surface area (Å²) in [6, 6.07) is 5.13. The molecule has 0 radical (unpaired) electrons. The predicted molar refractivity (Wildman–Crippen MR) is 50.3 cm³/mol. The van der Waals surface area contributed by atoms with Crippen LogP contribution in [0.1, 0.15) is 0 Å². The predicted octanol–water partition coefficient (Wildman–Crippen LogP) is 1.44. The van der Waals surface area contributed by atoms with Crippen LogP contribution in [0, 0.1) is 0 Å². The fourth-order valence-corrected chi connectivity index (χ4v) is 1.17. The molecule has 2 aromatic heterocycles. The molecule has 0 amide bonds. The molecule has 1 N–H and O–H groups in total. The van der Waals surface area contributed by atoms with E-state index >= 15 is 0 Å². The fourth-order valence-electron chi connectivity index (χ4n) is 1.17. The minimum atomic E-state index is 0.0185. The summed E-state index contributed by atoms with van der Waals surface area (Å²) < 4.78 is 0. The van der Waals surface area contributed by atoms with Crippen molar-refractivity contribution in [2.75, 3.05) is 0 Å². The molecule has 0 unspecified atom stereocenters. The van der Waals surface area contributed by atoms with Crippen LogP contribution in [0.5, 0.6) is 0 Å². The zero-order chi connectivity index (χ0) is 9.10. The zero-order valence-corrected chi connectivity index (χ0v) is 6.90. The van der Waals surface area contributed by atoms with Crippen molar-refractivity contribution in [1.29, 1.82) is 0 Å². The number of nitrogens with one attached hydrogen (secondary N) is 1. The highest BCUT2D eigenvalue weighted by Crippen LogP contribution is 2.11. The van der Waals surface area contributed by atoms with Gasteiger partial charge in [0.05, 0.1) is 0 Å². The van der Waals surface area contributed by atoms with Crippen LogP contribution in [0.15, 0.2) is 47.8 Å².